The molecule has 1 amide bonds. The number of methoxy groups -OCH3 is 1. The lowest BCUT2D eigenvalue weighted by Gasteiger charge is -2.17. The number of rotatable bonds is 12. The van der Waals surface area contributed by atoms with E-state index >= 15 is 0 Å². The molecular formula is C30H36FN3O5. The zero-order valence-corrected chi connectivity index (χ0v) is 23.0. The van der Waals surface area contributed by atoms with Crippen molar-refractivity contribution < 1.29 is 28.2 Å². The summed E-state index contributed by atoms with van der Waals surface area (Å²) in [5.74, 6) is -0.657. The van der Waals surface area contributed by atoms with Crippen LogP contribution in [0.15, 0.2) is 54.7 Å². The van der Waals surface area contributed by atoms with Crippen molar-refractivity contribution in [1.82, 2.24) is 10.3 Å². The number of halogens is 1. The van der Waals surface area contributed by atoms with Gasteiger partial charge in [-0.25, -0.2) is 4.39 Å². The number of ether oxygens (including phenoxy) is 3. The molecule has 8 nitrogen and oxygen atoms in total. The summed E-state index contributed by atoms with van der Waals surface area (Å²) >= 11 is 0. The number of nitrogens with one attached hydrogen (secondary N) is 1. The van der Waals surface area contributed by atoms with Crippen molar-refractivity contribution in [3.8, 4) is 22.8 Å². The highest BCUT2D eigenvalue weighted by Crippen LogP contribution is 2.29. The van der Waals surface area contributed by atoms with Crippen molar-refractivity contribution in [2.24, 2.45) is 17.6 Å². The molecule has 3 rings (SSSR count). The molecule has 1 aromatic heterocycles. The fraction of sp³-hybridized carbons (Fsp3) is 0.367. The van der Waals surface area contributed by atoms with Gasteiger partial charge in [0, 0.05) is 23.9 Å². The van der Waals surface area contributed by atoms with Gasteiger partial charge < -0.3 is 25.3 Å². The predicted octanol–water partition coefficient (Wildman–Crippen LogP) is 4.89. The fourth-order valence-corrected chi connectivity index (χ4v) is 3.67. The first-order chi connectivity index (χ1) is 18.6. The number of hydrogen-bond donors (Lipinski definition) is 2. The maximum absolute atomic E-state index is 14.1. The molecule has 0 fully saturated rings. The van der Waals surface area contributed by atoms with Crippen LogP contribution in [0.4, 0.5) is 4.39 Å². The molecule has 1 heterocycles. The summed E-state index contributed by atoms with van der Waals surface area (Å²) in [6.07, 6.45) is 1.63. The van der Waals surface area contributed by atoms with Crippen molar-refractivity contribution in [3.05, 3.63) is 77.2 Å². The molecule has 39 heavy (non-hydrogen) atoms. The second-order valence-corrected chi connectivity index (χ2v) is 9.96. The molecule has 2 aromatic carbocycles. The maximum Gasteiger partial charge on any atom is 0.323 e. The number of nitrogens with two attached hydrogens (primary N) is 1. The van der Waals surface area contributed by atoms with Gasteiger partial charge in [0.25, 0.3) is 5.91 Å². The second-order valence-electron chi connectivity index (χ2n) is 9.96. The third-order valence-electron chi connectivity index (χ3n) is 5.99. The molecule has 0 saturated carbocycles. The highest BCUT2D eigenvalue weighted by Gasteiger charge is 2.21. The Morgan fingerprint density at radius 2 is 1.79 bits per heavy atom. The van der Waals surface area contributed by atoms with E-state index in [1.54, 1.807) is 42.6 Å². The van der Waals surface area contributed by atoms with Crippen LogP contribution in [0.3, 0.4) is 0 Å². The molecule has 0 unspecified atom stereocenters. The Labute approximate surface area is 228 Å². The van der Waals surface area contributed by atoms with Gasteiger partial charge in [-0.15, -0.1) is 0 Å². The lowest BCUT2D eigenvalue weighted by molar-refractivity contribution is -0.147. The summed E-state index contributed by atoms with van der Waals surface area (Å²) in [5.41, 5.74) is 8.66. The maximum atomic E-state index is 14.1. The average molecular weight is 538 g/mol. The SMILES string of the molecule is COc1ccc(CNC(=O)c2cc(-c3ncccc3COC(=O)[C@@H](N)C(C)C)ccc2OCC(C)C)cc1F. The Morgan fingerprint density at radius 1 is 1.05 bits per heavy atom. The normalized spacial score (nSPS) is 11.8. The zero-order chi connectivity index (χ0) is 28.5. The van der Waals surface area contributed by atoms with Crippen LogP contribution in [0.25, 0.3) is 11.3 Å². The van der Waals surface area contributed by atoms with Gasteiger partial charge in [-0.2, -0.15) is 0 Å². The first-order valence-electron chi connectivity index (χ1n) is 12.8. The van der Waals surface area contributed by atoms with Gasteiger partial charge >= 0.3 is 5.97 Å². The molecule has 0 spiro atoms. The quantitative estimate of drug-likeness (QED) is 0.316. The lowest BCUT2D eigenvalue weighted by atomic mass is 10.0. The molecular weight excluding hydrogens is 501 g/mol. The first kappa shape index (κ1) is 29.6. The monoisotopic (exact) mass is 537 g/mol. The first-order valence-corrected chi connectivity index (χ1v) is 12.8. The molecule has 3 aromatic rings. The number of carbonyl (C=O) groups excluding carboxylic acids is 2. The van der Waals surface area contributed by atoms with E-state index < -0.39 is 23.7 Å². The number of carbonyl (C=O) groups is 2. The van der Waals surface area contributed by atoms with Crippen LogP contribution in [-0.4, -0.2) is 36.6 Å². The minimum Gasteiger partial charge on any atom is -0.494 e. The van der Waals surface area contributed by atoms with Crippen LogP contribution in [0, 0.1) is 17.7 Å². The van der Waals surface area contributed by atoms with Crippen LogP contribution in [0.1, 0.15) is 49.2 Å². The van der Waals surface area contributed by atoms with Crippen LogP contribution < -0.4 is 20.5 Å². The molecule has 3 N–H and O–H groups in total. The van der Waals surface area contributed by atoms with E-state index in [0.717, 1.165) is 0 Å². The highest BCUT2D eigenvalue weighted by atomic mass is 19.1. The van der Waals surface area contributed by atoms with Crippen LogP contribution in [0.2, 0.25) is 0 Å². The molecule has 0 bridgehead atoms. The smallest absolute Gasteiger partial charge is 0.323 e. The number of esters is 1. The van der Waals surface area contributed by atoms with Crippen LogP contribution in [0.5, 0.6) is 11.5 Å². The van der Waals surface area contributed by atoms with Crippen molar-refractivity contribution in [2.75, 3.05) is 13.7 Å². The van der Waals surface area contributed by atoms with Gasteiger partial charge in [-0.1, -0.05) is 39.8 Å². The number of aromatic nitrogens is 1. The largest absolute Gasteiger partial charge is 0.494 e. The third kappa shape index (κ3) is 8.00. The lowest BCUT2D eigenvalue weighted by Crippen LogP contribution is -2.36. The van der Waals surface area contributed by atoms with Crippen molar-refractivity contribution >= 4 is 11.9 Å². The minimum absolute atomic E-state index is 0.0153. The van der Waals surface area contributed by atoms with E-state index in [9.17, 15) is 14.0 Å². The molecule has 0 radical (unpaired) electrons. The molecule has 0 aliphatic heterocycles. The Bertz CT molecular complexity index is 1300. The summed E-state index contributed by atoms with van der Waals surface area (Å²) in [5, 5.41) is 2.83. The van der Waals surface area contributed by atoms with E-state index in [1.165, 1.54) is 19.2 Å². The predicted molar refractivity (Wildman–Crippen MR) is 147 cm³/mol. The number of amides is 1. The number of hydrogen-bond acceptors (Lipinski definition) is 7. The van der Waals surface area contributed by atoms with E-state index in [4.69, 9.17) is 19.9 Å². The van der Waals surface area contributed by atoms with Crippen LogP contribution in [-0.2, 0) is 22.7 Å². The Kier molecular flexibility index (Phi) is 10.4. The highest BCUT2D eigenvalue weighted by molar-refractivity contribution is 5.98. The molecule has 0 aliphatic rings. The van der Waals surface area contributed by atoms with Crippen LogP contribution >= 0.6 is 0 Å². The number of pyridine rings is 1. The Morgan fingerprint density at radius 3 is 2.46 bits per heavy atom. The number of benzene rings is 2. The molecule has 9 heteroatoms. The van der Waals surface area contributed by atoms with E-state index in [0.29, 0.717) is 40.3 Å². The van der Waals surface area contributed by atoms with Crippen molar-refractivity contribution in [1.29, 1.82) is 0 Å². The summed E-state index contributed by atoms with van der Waals surface area (Å²) in [6.45, 7) is 8.24. The molecule has 1 atom stereocenters. The third-order valence-corrected chi connectivity index (χ3v) is 5.99. The number of nitrogens with zero attached hydrogens (tertiary/aromatic N) is 1. The minimum atomic E-state index is -0.725. The summed E-state index contributed by atoms with van der Waals surface area (Å²) in [6, 6.07) is 12.5. The van der Waals surface area contributed by atoms with Gasteiger partial charge in [0.15, 0.2) is 11.6 Å². The van der Waals surface area contributed by atoms with Gasteiger partial charge in [0.2, 0.25) is 0 Å². The van der Waals surface area contributed by atoms with Gasteiger partial charge in [-0.05, 0) is 53.8 Å². The van der Waals surface area contributed by atoms with Gasteiger partial charge in [0.05, 0.1) is 25.0 Å². The zero-order valence-electron chi connectivity index (χ0n) is 23.0. The molecule has 208 valence electrons. The van der Waals surface area contributed by atoms with E-state index in [2.05, 4.69) is 10.3 Å². The molecule has 0 saturated heterocycles. The van der Waals surface area contributed by atoms with Crippen molar-refractivity contribution in [3.63, 3.8) is 0 Å². The van der Waals surface area contributed by atoms with E-state index in [-0.39, 0.29) is 30.7 Å². The topological polar surface area (TPSA) is 113 Å². The second kappa shape index (κ2) is 13.7. The Hall–Kier alpha value is -3.98. The van der Waals surface area contributed by atoms with Gasteiger partial charge in [0.1, 0.15) is 18.4 Å². The fourth-order valence-electron chi connectivity index (χ4n) is 3.67. The summed E-state index contributed by atoms with van der Waals surface area (Å²) < 4.78 is 30.4. The summed E-state index contributed by atoms with van der Waals surface area (Å²) in [7, 11) is 1.39. The molecule has 0 aliphatic carbocycles. The summed E-state index contributed by atoms with van der Waals surface area (Å²) in [4.78, 5) is 30.1. The average Bonchev–Trinajstić information content (AvgIpc) is 2.93. The Balaban J connectivity index is 1.87. The van der Waals surface area contributed by atoms with Gasteiger partial charge in [-0.3, -0.25) is 14.6 Å². The van der Waals surface area contributed by atoms with Crippen molar-refractivity contribution in [2.45, 2.75) is 46.9 Å². The standard InChI is InChI=1S/C30H36FN3O5/c1-18(2)16-38-25-11-9-21(28-22(7-6-12-33-28)17-39-30(36)27(32)19(3)4)14-23(25)29(35)34-15-20-8-10-26(37-5)24(31)13-20/h6-14,18-19,27H,15-17,32H2,1-5H3,(H,34,35)/t27-/m0/s1. The van der Waals surface area contributed by atoms with E-state index in [1.807, 2.05) is 27.7 Å².